The molecule has 0 aliphatic rings. The largest absolute Gasteiger partial charge is 0.439 e. The molecule has 0 unspecified atom stereocenters. The smallest absolute Gasteiger partial charge is 0.227 e. The van der Waals surface area contributed by atoms with Gasteiger partial charge in [-0.2, -0.15) is 0 Å². The first-order chi connectivity index (χ1) is 19.7. The molecule has 6 heteroatoms. The molecule has 0 amide bonds. The van der Waals surface area contributed by atoms with Crippen molar-refractivity contribution in [1.29, 1.82) is 0 Å². The number of aryl methyl sites for hydroxylation is 1. The van der Waals surface area contributed by atoms with Gasteiger partial charge in [-0.3, -0.25) is 4.57 Å². The van der Waals surface area contributed by atoms with Crippen LogP contribution in [0.25, 0.3) is 61.0 Å². The van der Waals surface area contributed by atoms with E-state index in [4.69, 9.17) is 14.1 Å². The monoisotopic (exact) mass is 518 g/mol. The molecule has 5 heterocycles. The highest BCUT2D eigenvalue weighted by Gasteiger charge is 2.16. The summed E-state index contributed by atoms with van der Waals surface area (Å²) in [5.74, 6) is 2.05. The predicted octanol–water partition coefficient (Wildman–Crippen LogP) is 8.64. The van der Waals surface area contributed by atoms with E-state index >= 15 is 0 Å². The standard InChI is InChI=1S/C34H22N4O2/c1-21-15-17-26-25-9-6-10-27(33(25)40-34(26)36-21)28-11-7-14-32(37-28)39-22-16-18-24-23-8-2-3-12-29(23)38(30(24)20-22)31-13-4-5-19-35-31/h2-20H,1H3. The Balaban J connectivity index is 1.22. The van der Waals surface area contributed by atoms with Crippen molar-refractivity contribution in [3.63, 3.8) is 0 Å². The van der Waals surface area contributed by atoms with Gasteiger partial charge in [0.1, 0.15) is 17.2 Å². The van der Waals surface area contributed by atoms with Crippen LogP contribution in [0.5, 0.6) is 11.6 Å². The zero-order chi connectivity index (χ0) is 26.6. The summed E-state index contributed by atoms with van der Waals surface area (Å²) in [6.45, 7) is 1.96. The average molecular weight is 519 g/mol. The first-order valence-corrected chi connectivity index (χ1v) is 13.1. The molecule has 0 radical (unpaired) electrons. The first-order valence-electron chi connectivity index (χ1n) is 13.1. The lowest BCUT2D eigenvalue weighted by molar-refractivity contribution is 0.464. The summed E-state index contributed by atoms with van der Waals surface area (Å²) in [6.07, 6.45) is 1.81. The Kier molecular flexibility index (Phi) is 4.94. The second-order valence-electron chi connectivity index (χ2n) is 9.77. The lowest BCUT2D eigenvalue weighted by Gasteiger charge is -2.09. The normalized spacial score (nSPS) is 11.6. The summed E-state index contributed by atoms with van der Waals surface area (Å²) < 4.78 is 14.7. The van der Waals surface area contributed by atoms with Gasteiger partial charge >= 0.3 is 0 Å². The van der Waals surface area contributed by atoms with Gasteiger partial charge in [0.15, 0.2) is 0 Å². The lowest BCUT2D eigenvalue weighted by Crippen LogP contribution is -1.96. The zero-order valence-corrected chi connectivity index (χ0v) is 21.6. The molecule has 0 spiro atoms. The highest BCUT2D eigenvalue weighted by molar-refractivity contribution is 6.10. The number of aromatic nitrogens is 4. The fraction of sp³-hybridized carbons (Fsp3) is 0.0294. The van der Waals surface area contributed by atoms with Crippen LogP contribution in [0.15, 0.2) is 120 Å². The Labute approximate surface area is 229 Å². The predicted molar refractivity (Wildman–Crippen MR) is 158 cm³/mol. The lowest BCUT2D eigenvalue weighted by atomic mass is 10.1. The Hall–Kier alpha value is -5.49. The number of fused-ring (bicyclic) bond motifs is 6. The maximum atomic E-state index is 6.33. The average Bonchev–Trinajstić information content (AvgIpc) is 3.52. The number of para-hydroxylation sites is 2. The third-order valence-corrected chi connectivity index (χ3v) is 7.25. The number of pyridine rings is 3. The molecular formula is C34H22N4O2. The van der Waals surface area contributed by atoms with Crippen molar-refractivity contribution >= 4 is 43.9 Å². The molecular weight excluding hydrogens is 496 g/mol. The SMILES string of the molecule is Cc1ccc2c(n1)oc1c(-c3cccc(Oc4ccc5c6ccccc6n(-c6ccccn6)c5c4)n3)cccc12. The van der Waals surface area contributed by atoms with Crippen molar-refractivity contribution in [3.8, 4) is 28.7 Å². The van der Waals surface area contributed by atoms with E-state index in [-0.39, 0.29) is 0 Å². The van der Waals surface area contributed by atoms with Gasteiger partial charge in [-0.1, -0.05) is 42.5 Å². The van der Waals surface area contributed by atoms with E-state index < -0.39 is 0 Å². The molecule has 190 valence electrons. The van der Waals surface area contributed by atoms with Crippen LogP contribution in [-0.2, 0) is 0 Å². The molecule has 0 aliphatic carbocycles. The molecule has 0 saturated carbocycles. The van der Waals surface area contributed by atoms with Gasteiger partial charge in [0.2, 0.25) is 11.6 Å². The molecule has 0 aliphatic heterocycles. The van der Waals surface area contributed by atoms with E-state index in [1.165, 1.54) is 5.39 Å². The van der Waals surface area contributed by atoms with E-state index in [0.29, 0.717) is 17.3 Å². The molecule has 0 atom stereocenters. The number of hydrogen-bond acceptors (Lipinski definition) is 5. The van der Waals surface area contributed by atoms with E-state index in [0.717, 1.165) is 55.5 Å². The van der Waals surface area contributed by atoms with Crippen LogP contribution in [0.1, 0.15) is 5.69 Å². The van der Waals surface area contributed by atoms with Crippen LogP contribution in [-0.4, -0.2) is 19.5 Å². The summed E-state index contributed by atoms with van der Waals surface area (Å²) in [4.78, 5) is 14.1. The minimum Gasteiger partial charge on any atom is -0.439 e. The Morgan fingerprint density at radius 2 is 1.50 bits per heavy atom. The van der Waals surface area contributed by atoms with Gasteiger partial charge in [-0.25, -0.2) is 15.0 Å². The maximum absolute atomic E-state index is 6.33. The van der Waals surface area contributed by atoms with Crippen molar-refractivity contribution in [2.24, 2.45) is 0 Å². The quantitative estimate of drug-likeness (QED) is 0.233. The summed E-state index contributed by atoms with van der Waals surface area (Å²) >= 11 is 0. The van der Waals surface area contributed by atoms with Gasteiger partial charge in [-0.05, 0) is 61.5 Å². The molecule has 5 aromatic heterocycles. The molecule has 0 saturated heterocycles. The van der Waals surface area contributed by atoms with E-state index in [9.17, 15) is 0 Å². The van der Waals surface area contributed by atoms with Gasteiger partial charge in [0.05, 0.1) is 16.7 Å². The first kappa shape index (κ1) is 22.5. The minimum atomic E-state index is 0.499. The molecule has 40 heavy (non-hydrogen) atoms. The van der Waals surface area contributed by atoms with Gasteiger partial charge in [0, 0.05) is 51.1 Å². The Morgan fingerprint density at radius 3 is 2.42 bits per heavy atom. The second kappa shape index (κ2) is 8.78. The number of hydrogen-bond donors (Lipinski definition) is 0. The van der Waals surface area contributed by atoms with Gasteiger partial charge < -0.3 is 9.15 Å². The fourth-order valence-electron chi connectivity index (χ4n) is 5.46. The maximum Gasteiger partial charge on any atom is 0.227 e. The van der Waals surface area contributed by atoms with Crippen LogP contribution in [0.3, 0.4) is 0 Å². The van der Waals surface area contributed by atoms with Crippen LogP contribution in [0.4, 0.5) is 0 Å². The fourth-order valence-corrected chi connectivity index (χ4v) is 5.46. The summed E-state index contributed by atoms with van der Waals surface area (Å²) in [6, 6.07) is 36.4. The molecule has 8 rings (SSSR count). The number of rotatable bonds is 4. The molecule has 3 aromatic carbocycles. The third-order valence-electron chi connectivity index (χ3n) is 7.25. The van der Waals surface area contributed by atoms with Crippen LogP contribution >= 0.6 is 0 Å². The van der Waals surface area contributed by atoms with Gasteiger partial charge in [-0.15, -0.1) is 0 Å². The van der Waals surface area contributed by atoms with Crippen molar-refractivity contribution in [2.75, 3.05) is 0 Å². The summed E-state index contributed by atoms with van der Waals surface area (Å²) in [7, 11) is 0. The molecule has 8 aromatic rings. The van der Waals surface area contributed by atoms with Crippen LogP contribution in [0, 0.1) is 6.92 Å². The molecule has 6 nitrogen and oxygen atoms in total. The zero-order valence-electron chi connectivity index (χ0n) is 21.6. The van der Waals surface area contributed by atoms with Crippen LogP contribution in [0.2, 0.25) is 0 Å². The number of ether oxygens (including phenoxy) is 1. The highest BCUT2D eigenvalue weighted by Crippen LogP contribution is 2.37. The molecule has 0 bridgehead atoms. The molecule has 0 fully saturated rings. The van der Waals surface area contributed by atoms with E-state index in [2.05, 4.69) is 50.9 Å². The number of furan rings is 1. The summed E-state index contributed by atoms with van der Waals surface area (Å²) in [5, 5.41) is 4.31. The Bertz CT molecular complexity index is 2210. The van der Waals surface area contributed by atoms with Crippen molar-refractivity contribution in [2.45, 2.75) is 6.92 Å². The number of nitrogens with zero attached hydrogens (tertiary/aromatic N) is 4. The van der Waals surface area contributed by atoms with Crippen LogP contribution < -0.4 is 4.74 Å². The van der Waals surface area contributed by atoms with Crippen molar-refractivity contribution < 1.29 is 9.15 Å². The Morgan fingerprint density at radius 1 is 0.675 bits per heavy atom. The van der Waals surface area contributed by atoms with Crippen molar-refractivity contribution in [3.05, 3.63) is 121 Å². The summed E-state index contributed by atoms with van der Waals surface area (Å²) in [5.41, 5.74) is 6.08. The van der Waals surface area contributed by atoms with E-state index in [1.54, 1.807) is 0 Å². The topological polar surface area (TPSA) is 66.0 Å². The molecule has 0 N–H and O–H groups in total. The minimum absolute atomic E-state index is 0.499. The van der Waals surface area contributed by atoms with Crippen molar-refractivity contribution in [1.82, 2.24) is 19.5 Å². The van der Waals surface area contributed by atoms with Gasteiger partial charge in [0.25, 0.3) is 0 Å². The van der Waals surface area contributed by atoms with E-state index in [1.807, 2.05) is 85.9 Å². The second-order valence-corrected chi connectivity index (χ2v) is 9.77. The number of benzene rings is 3. The highest BCUT2D eigenvalue weighted by atomic mass is 16.5. The third kappa shape index (κ3) is 3.54.